The Morgan fingerprint density at radius 1 is 1.33 bits per heavy atom. The summed E-state index contributed by atoms with van der Waals surface area (Å²) in [5, 5.41) is 3.39. The first-order chi connectivity index (χ1) is 7.11. The van der Waals surface area contributed by atoms with Crippen LogP contribution in [0.2, 0.25) is 0 Å². The predicted molar refractivity (Wildman–Crippen MR) is 66.3 cm³/mol. The van der Waals surface area contributed by atoms with Gasteiger partial charge in [0.2, 0.25) is 0 Å². The van der Waals surface area contributed by atoms with Gasteiger partial charge >= 0.3 is 0 Å². The zero-order valence-corrected chi connectivity index (χ0v) is 10.7. The predicted octanol–water partition coefficient (Wildman–Crippen LogP) is 3.19. The standard InChI is InChI=1S/C13H24N2/c1-6-10(3)15-11(4)8-13(12(15)5)9-14-7-2/h8,10,14H,6-7,9H2,1-5H3/t10-/m0/s1. The molecule has 0 fully saturated rings. The molecule has 1 N–H and O–H groups in total. The van der Waals surface area contributed by atoms with Crippen molar-refractivity contribution in [3.63, 3.8) is 0 Å². The Labute approximate surface area is 93.7 Å². The molecule has 0 saturated carbocycles. The van der Waals surface area contributed by atoms with Crippen molar-refractivity contribution in [3.8, 4) is 0 Å². The maximum Gasteiger partial charge on any atom is 0.0305 e. The van der Waals surface area contributed by atoms with E-state index in [9.17, 15) is 0 Å². The summed E-state index contributed by atoms with van der Waals surface area (Å²) in [6.07, 6.45) is 1.19. The van der Waals surface area contributed by atoms with Gasteiger partial charge in [0.05, 0.1) is 0 Å². The van der Waals surface area contributed by atoms with Gasteiger partial charge in [-0.25, -0.2) is 0 Å². The van der Waals surface area contributed by atoms with Crippen molar-refractivity contribution >= 4 is 0 Å². The van der Waals surface area contributed by atoms with Crippen LogP contribution in [0.4, 0.5) is 0 Å². The smallest absolute Gasteiger partial charge is 0.0305 e. The molecule has 0 amide bonds. The highest BCUT2D eigenvalue weighted by molar-refractivity contribution is 5.27. The molecule has 86 valence electrons. The number of nitrogens with one attached hydrogen (secondary N) is 1. The third-order valence-corrected chi connectivity index (χ3v) is 3.19. The first kappa shape index (κ1) is 12.3. The number of hydrogen-bond acceptors (Lipinski definition) is 1. The lowest BCUT2D eigenvalue weighted by Crippen LogP contribution is -2.13. The number of aryl methyl sites for hydroxylation is 1. The molecule has 1 heterocycles. The second-order valence-electron chi connectivity index (χ2n) is 4.30. The summed E-state index contributed by atoms with van der Waals surface area (Å²) < 4.78 is 2.45. The van der Waals surface area contributed by atoms with E-state index >= 15 is 0 Å². The number of rotatable bonds is 5. The van der Waals surface area contributed by atoms with Crippen LogP contribution in [0.3, 0.4) is 0 Å². The zero-order valence-electron chi connectivity index (χ0n) is 10.7. The Hall–Kier alpha value is -0.760. The molecule has 0 spiro atoms. The summed E-state index contributed by atoms with van der Waals surface area (Å²) >= 11 is 0. The molecule has 2 heteroatoms. The Bertz CT molecular complexity index is 313. The summed E-state index contributed by atoms with van der Waals surface area (Å²) in [6.45, 7) is 13.1. The van der Waals surface area contributed by atoms with Crippen molar-refractivity contribution in [2.24, 2.45) is 0 Å². The van der Waals surface area contributed by atoms with Crippen LogP contribution in [0.5, 0.6) is 0 Å². The summed E-state index contributed by atoms with van der Waals surface area (Å²) in [5.41, 5.74) is 4.24. The first-order valence-corrected chi connectivity index (χ1v) is 5.99. The molecule has 0 radical (unpaired) electrons. The van der Waals surface area contributed by atoms with Crippen LogP contribution in [0.15, 0.2) is 6.07 Å². The second kappa shape index (κ2) is 5.36. The lowest BCUT2D eigenvalue weighted by atomic mass is 10.2. The molecule has 1 aromatic heterocycles. The van der Waals surface area contributed by atoms with Crippen LogP contribution in [-0.2, 0) is 6.54 Å². The van der Waals surface area contributed by atoms with Crippen molar-refractivity contribution < 1.29 is 0 Å². The van der Waals surface area contributed by atoms with E-state index in [-0.39, 0.29) is 0 Å². The third kappa shape index (κ3) is 2.63. The lowest BCUT2D eigenvalue weighted by molar-refractivity contribution is 0.510. The normalized spacial score (nSPS) is 13.1. The highest BCUT2D eigenvalue weighted by atomic mass is 15.0. The fraction of sp³-hybridized carbons (Fsp3) is 0.692. The van der Waals surface area contributed by atoms with Gasteiger partial charge in [-0.3, -0.25) is 0 Å². The maximum atomic E-state index is 3.39. The van der Waals surface area contributed by atoms with Gasteiger partial charge in [0.15, 0.2) is 0 Å². The molecule has 0 aliphatic rings. The lowest BCUT2D eigenvalue weighted by Gasteiger charge is -2.16. The minimum atomic E-state index is 0.611. The van der Waals surface area contributed by atoms with Gasteiger partial charge in [0, 0.05) is 24.0 Å². The Morgan fingerprint density at radius 2 is 2.00 bits per heavy atom. The molecule has 1 atom stereocenters. The number of aromatic nitrogens is 1. The van der Waals surface area contributed by atoms with Crippen LogP contribution in [0, 0.1) is 13.8 Å². The molecular formula is C13H24N2. The van der Waals surface area contributed by atoms with Crippen molar-refractivity contribution in [1.29, 1.82) is 0 Å². The van der Waals surface area contributed by atoms with E-state index in [0.717, 1.165) is 13.1 Å². The molecule has 0 aliphatic carbocycles. The quantitative estimate of drug-likeness (QED) is 0.786. The Kier molecular flexibility index (Phi) is 4.40. The molecule has 0 unspecified atom stereocenters. The minimum absolute atomic E-state index is 0.611. The van der Waals surface area contributed by atoms with Gasteiger partial charge in [-0.15, -0.1) is 0 Å². The van der Waals surface area contributed by atoms with Crippen LogP contribution >= 0.6 is 0 Å². The molecule has 0 aliphatic heterocycles. The van der Waals surface area contributed by atoms with Gasteiger partial charge in [-0.1, -0.05) is 13.8 Å². The average molecular weight is 208 g/mol. The second-order valence-corrected chi connectivity index (χ2v) is 4.30. The van der Waals surface area contributed by atoms with Gasteiger partial charge in [-0.2, -0.15) is 0 Å². The molecule has 0 aromatic carbocycles. The molecule has 0 saturated heterocycles. The molecule has 15 heavy (non-hydrogen) atoms. The van der Waals surface area contributed by atoms with E-state index in [4.69, 9.17) is 0 Å². The van der Waals surface area contributed by atoms with Crippen LogP contribution in [0.1, 0.15) is 50.2 Å². The van der Waals surface area contributed by atoms with Gasteiger partial charge in [0.1, 0.15) is 0 Å². The van der Waals surface area contributed by atoms with Gasteiger partial charge in [0.25, 0.3) is 0 Å². The fourth-order valence-corrected chi connectivity index (χ4v) is 2.14. The summed E-state index contributed by atoms with van der Waals surface area (Å²) in [4.78, 5) is 0. The van der Waals surface area contributed by atoms with E-state index < -0.39 is 0 Å². The SMILES string of the molecule is CCNCc1cc(C)n([C@@H](C)CC)c1C. The van der Waals surface area contributed by atoms with Crippen molar-refractivity contribution in [1.82, 2.24) is 9.88 Å². The monoisotopic (exact) mass is 208 g/mol. The average Bonchev–Trinajstić information content (AvgIpc) is 2.50. The number of hydrogen-bond donors (Lipinski definition) is 1. The molecular weight excluding hydrogens is 184 g/mol. The summed E-state index contributed by atoms with van der Waals surface area (Å²) in [6, 6.07) is 2.92. The van der Waals surface area contributed by atoms with Crippen molar-refractivity contribution in [2.45, 2.75) is 53.6 Å². The van der Waals surface area contributed by atoms with Crippen LogP contribution < -0.4 is 5.32 Å². The molecule has 1 aromatic rings. The fourth-order valence-electron chi connectivity index (χ4n) is 2.14. The summed E-state index contributed by atoms with van der Waals surface area (Å²) in [5.74, 6) is 0. The summed E-state index contributed by atoms with van der Waals surface area (Å²) in [7, 11) is 0. The van der Waals surface area contributed by atoms with E-state index in [1.807, 2.05) is 0 Å². The van der Waals surface area contributed by atoms with E-state index in [1.54, 1.807) is 0 Å². The topological polar surface area (TPSA) is 17.0 Å². The Morgan fingerprint density at radius 3 is 2.53 bits per heavy atom. The van der Waals surface area contributed by atoms with Crippen LogP contribution in [-0.4, -0.2) is 11.1 Å². The van der Waals surface area contributed by atoms with Crippen molar-refractivity contribution in [3.05, 3.63) is 23.0 Å². The Balaban J connectivity index is 2.93. The van der Waals surface area contributed by atoms with Crippen LogP contribution in [0.25, 0.3) is 0 Å². The highest BCUT2D eigenvalue weighted by Gasteiger charge is 2.12. The highest BCUT2D eigenvalue weighted by Crippen LogP contribution is 2.21. The third-order valence-electron chi connectivity index (χ3n) is 3.19. The number of nitrogens with zero attached hydrogens (tertiary/aromatic N) is 1. The largest absolute Gasteiger partial charge is 0.346 e. The molecule has 1 rings (SSSR count). The molecule has 2 nitrogen and oxygen atoms in total. The van der Waals surface area contributed by atoms with E-state index in [2.05, 4.69) is 50.6 Å². The zero-order chi connectivity index (χ0) is 11.4. The van der Waals surface area contributed by atoms with Gasteiger partial charge < -0.3 is 9.88 Å². The van der Waals surface area contributed by atoms with Gasteiger partial charge in [-0.05, 0) is 45.4 Å². The first-order valence-electron chi connectivity index (χ1n) is 5.99. The van der Waals surface area contributed by atoms with E-state index in [0.29, 0.717) is 6.04 Å². The van der Waals surface area contributed by atoms with Crippen molar-refractivity contribution in [2.75, 3.05) is 6.54 Å². The van der Waals surface area contributed by atoms with E-state index in [1.165, 1.54) is 23.4 Å². The molecule has 0 bridgehead atoms. The maximum absolute atomic E-state index is 3.39. The minimum Gasteiger partial charge on any atom is -0.346 e.